The highest BCUT2D eigenvalue weighted by molar-refractivity contribution is 7.80. The molecule has 0 spiro atoms. The molecule has 0 rings (SSSR count). The third-order valence-corrected chi connectivity index (χ3v) is 7.06. The Hall–Kier alpha value is 1.18. The molecule has 0 heterocycles. The van der Waals surface area contributed by atoms with Crippen LogP contribution in [0, 0.1) is 0 Å². The van der Waals surface area contributed by atoms with E-state index in [1.807, 2.05) is 0 Å². The molecule has 0 amide bonds. The first-order chi connectivity index (χ1) is 10.9. The molecule has 0 aliphatic rings. The van der Waals surface area contributed by atoms with Gasteiger partial charge in [-0.15, -0.1) is 33.2 Å². The van der Waals surface area contributed by atoms with Crippen LogP contribution >= 0.6 is 45.5 Å². The summed E-state index contributed by atoms with van der Waals surface area (Å²) in [6, 6.07) is -1.53. The zero-order valence-electron chi connectivity index (χ0n) is 14.9. The van der Waals surface area contributed by atoms with Gasteiger partial charge in [0.25, 0.3) is 0 Å². The lowest BCUT2D eigenvalue weighted by molar-refractivity contribution is 0.537. The highest BCUT2D eigenvalue weighted by atomic mass is 35.8. The average Bonchev–Trinajstić information content (AvgIpc) is 2.45. The number of hydrogen-bond acceptors (Lipinski definition) is 1. The monoisotopic (exact) mass is 416 g/mol. The van der Waals surface area contributed by atoms with Gasteiger partial charge >= 0.3 is 6.00 Å². The van der Waals surface area contributed by atoms with Crippen molar-refractivity contribution in [2.24, 2.45) is 0 Å². The van der Waals surface area contributed by atoms with Crippen LogP contribution in [0.3, 0.4) is 0 Å². The summed E-state index contributed by atoms with van der Waals surface area (Å²) in [5, 5.41) is 0. The largest absolute Gasteiger partial charge is 0.341 e. The molecular formula is C18H35Cl3SSi. The Morgan fingerprint density at radius 1 is 0.609 bits per heavy atom. The maximum Gasteiger partial charge on any atom is 0.341 e. The van der Waals surface area contributed by atoms with Crippen LogP contribution in [0.1, 0.15) is 103 Å². The molecule has 0 radical (unpaired) electrons. The molecule has 0 fully saturated rings. The molecule has 0 atom stereocenters. The van der Waals surface area contributed by atoms with Gasteiger partial charge in [0, 0.05) is 0 Å². The second-order valence-electron chi connectivity index (χ2n) is 6.77. The topological polar surface area (TPSA) is 0 Å². The lowest BCUT2D eigenvalue weighted by Gasteiger charge is -2.07. The van der Waals surface area contributed by atoms with E-state index in [4.69, 9.17) is 45.5 Å². The van der Waals surface area contributed by atoms with Gasteiger partial charge in [-0.25, -0.2) is 0 Å². The molecule has 0 N–H and O–H groups in total. The van der Waals surface area contributed by atoms with E-state index in [1.54, 1.807) is 0 Å². The van der Waals surface area contributed by atoms with Crippen molar-refractivity contribution in [3.05, 3.63) is 0 Å². The number of rotatable bonds is 17. The molecule has 0 bridgehead atoms. The van der Waals surface area contributed by atoms with E-state index in [2.05, 4.69) is 6.92 Å². The zero-order chi connectivity index (χ0) is 17.4. The quantitative estimate of drug-likeness (QED) is 0.0984. The second kappa shape index (κ2) is 16.6. The predicted molar refractivity (Wildman–Crippen MR) is 116 cm³/mol. The Bertz CT molecular complexity index is 280. The van der Waals surface area contributed by atoms with Gasteiger partial charge in [0.15, 0.2) is 0 Å². The molecule has 0 aromatic heterocycles. The fraction of sp³-hybridized carbons (Fsp3) is 0.944. The van der Waals surface area contributed by atoms with Gasteiger partial charge in [0.2, 0.25) is 0 Å². The van der Waals surface area contributed by atoms with Crippen molar-refractivity contribution in [1.29, 1.82) is 0 Å². The van der Waals surface area contributed by atoms with E-state index < -0.39 is 6.00 Å². The smallest absolute Gasteiger partial charge is 0.126 e. The molecule has 0 aliphatic heterocycles. The van der Waals surface area contributed by atoms with Crippen LogP contribution in [0.2, 0.25) is 6.04 Å². The molecule has 0 aromatic rings. The van der Waals surface area contributed by atoms with Crippen molar-refractivity contribution >= 4 is 56.3 Å². The van der Waals surface area contributed by atoms with Gasteiger partial charge < -0.3 is 0 Å². The van der Waals surface area contributed by atoms with Crippen LogP contribution in [-0.4, -0.2) is 10.9 Å². The van der Waals surface area contributed by atoms with Gasteiger partial charge in [-0.3, -0.25) is 0 Å². The molecule has 0 saturated carbocycles. The van der Waals surface area contributed by atoms with Gasteiger partial charge in [0.1, 0.15) is 0 Å². The lowest BCUT2D eigenvalue weighted by atomic mass is 10.0. The summed E-state index contributed by atoms with van der Waals surface area (Å²) in [6.07, 6.45) is 20.0. The molecule has 0 unspecified atom stereocenters. The summed E-state index contributed by atoms with van der Waals surface area (Å²) < 4.78 is 0. The van der Waals surface area contributed by atoms with Gasteiger partial charge in [-0.1, -0.05) is 95.7 Å². The first-order valence-electron chi connectivity index (χ1n) is 9.48. The molecule has 23 heavy (non-hydrogen) atoms. The van der Waals surface area contributed by atoms with Crippen LogP contribution < -0.4 is 0 Å². The van der Waals surface area contributed by atoms with Crippen molar-refractivity contribution < 1.29 is 0 Å². The van der Waals surface area contributed by atoms with Crippen molar-refractivity contribution in [3.63, 3.8) is 0 Å². The maximum absolute atomic E-state index is 5.87. The van der Waals surface area contributed by atoms with E-state index in [0.717, 1.165) is 23.8 Å². The lowest BCUT2D eigenvalue weighted by Crippen LogP contribution is -2.07. The standard InChI is InChI=1S/C18H35Cl3SSi/c1-18(22)16-14-12-10-8-6-4-2-3-5-7-9-11-13-15-17-23(19,20)21/h2-17H2,1H3. The highest BCUT2D eigenvalue weighted by Crippen LogP contribution is 2.27. The van der Waals surface area contributed by atoms with E-state index in [-0.39, 0.29) is 0 Å². The molecule has 0 aromatic carbocycles. The number of thiocarbonyl (C=S) groups is 1. The molecule has 0 aliphatic carbocycles. The van der Waals surface area contributed by atoms with E-state index in [1.165, 1.54) is 83.5 Å². The molecule has 0 saturated heterocycles. The Balaban J connectivity index is 3.04. The summed E-state index contributed by atoms with van der Waals surface area (Å²) in [5.74, 6) is 0. The van der Waals surface area contributed by atoms with Crippen LogP contribution in [0.5, 0.6) is 0 Å². The van der Waals surface area contributed by atoms with Gasteiger partial charge in [-0.2, -0.15) is 0 Å². The van der Waals surface area contributed by atoms with Crippen molar-refractivity contribution in [3.8, 4) is 0 Å². The Morgan fingerprint density at radius 2 is 0.913 bits per heavy atom. The minimum atomic E-state index is -2.36. The first kappa shape index (κ1) is 24.2. The summed E-state index contributed by atoms with van der Waals surface area (Å²) in [5.41, 5.74) is 0. The second-order valence-corrected chi connectivity index (χ2v) is 16.7. The van der Waals surface area contributed by atoms with Crippen LogP contribution in [-0.2, 0) is 0 Å². The third-order valence-electron chi connectivity index (χ3n) is 4.24. The minimum absolute atomic E-state index is 0.822. The predicted octanol–water partition coefficient (Wildman–Crippen LogP) is 8.88. The SMILES string of the molecule is CC(=S)CCCCCCCCCCCCCCCC[Si](Cl)(Cl)Cl. The number of unbranched alkanes of at least 4 members (excludes halogenated alkanes) is 13. The van der Waals surface area contributed by atoms with Crippen molar-refractivity contribution in [1.82, 2.24) is 0 Å². The van der Waals surface area contributed by atoms with Crippen LogP contribution in [0.4, 0.5) is 0 Å². The van der Waals surface area contributed by atoms with Crippen LogP contribution in [0.15, 0.2) is 0 Å². The van der Waals surface area contributed by atoms with E-state index >= 15 is 0 Å². The van der Waals surface area contributed by atoms with Crippen LogP contribution in [0.25, 0.3) is 0 Å². The Kier molecular flexibility index (Phi) is 17.5. The Labute approximate surface area is 165 Å². The molecule has 5 heteroatoms. The molecule has 138 valence electrons. The van der Waals surface area contributed by atoms with Gasteiger partial charge in [-0.05, 0) is 30.7 Å². The summed E-state index contributed by atoms with van der Waals surface area (Å²) >= 11 is 22.7. The normalized spacial score (nSPS) is 11.8. The third kappa shape index (κ3) is 23.2. The summed E-state index contributed by atoms with van der Waals surface area (Å²) in [6.45, 7) is 2.06. The average molecular weight is 418 g/mol. The summed E-state index contributed by atoms with van der Waals surface area (Å²) in [7, 11) is 0. The Morgan fingerprint density at radius 3 is 1.22 bits per heavy atom. The number of hydrogen-bond donors (Lipinski definition) is 0. The first-order valence-corrected chi connectivity index (χ1v) is 15.1. The minimum Gasteiger partial charge on any atom is -0.126 e. The van der Waals surface area contributed by atoms with Crippen molar-refractivity contribution in [2.75, 3.05) is 0 Å². The fourth-order valence-corrected chi connectivity index (χ4v) is 4.82. The van der Waals surface area contributed by atoms with Crippen molar-refractivity contribution in [2.45, 2.75) is 109 Å². The molecule has 0 nitrogen and oxygen atoms in total. The van der Waals surface area contributed by atoms with E-state index in [9.17, 15) is 0 Å². The van der Waals surface area contributed by atoms with Gasteiger partial charge in [0.05, 0.1) is 0 Å². The zero-order valence-corrected chi connectivity index (χ0v) is 18.9. The molecular weight excluding hydrogens is 383 g/mol. The van der Waals surface area contributed by atoms with E-state index in [0.29, 0.717) is 0 Å². The maximum atomic E-state index is 5.87. The highest BCUT2D eigenvalue weighted by Gasteiger charge is 2.23. The summed E-state index contributed by atoms with van der Waals surface area (Å²) in [4.78, 5) is 1.16. The fourth-order valence-electron chi connectivity index (χ4n) is 2.82. The number of halogens is 3.